The number of benzene rings is 1. The second-order valence-electron chi connectivity index (χ2n) is 5.75. The lowest BCUT2D eigenvalue weighted by molar-refractivity contribution is -0.143. The molecular weight excluding hydrogens is 364 g/mol. The summed E-state index contributed by atoms with van der Waals surface area (Å²) in [5.74, 6) is -1.86. The van der Waals surface area contributed by atoms with Crippen LogP contribution in [0, 0.1) is 0 Å². The number of carboxylic acid groups (broad SMARTS) is 2. The van der Waals surface area contributed by atoms with Gasteiger partial charge in [0.1, 0.15) is 12.6 Å². The van der Waals surface area contributed by atoms with Crippen molar-refractivity contribution in [3.63, 3.8) is 0 Å². The van der Waals surface area contributed by atoms with Crippen molar-refractivity contribution in [2.45, 2.75) is 25.4 Å². The Labute approximate surface area is 141 Å². The van der Waals surface area contributed by atoms with Gasteiger partial charge in [0.2, 0.25) is 0 Å². The minimum Gasteiger partial charge on any atom is -0.480 e. The molecule has 1 aliphatic heterocycles. The van der Waals surface area contributed by atoms with Gasteiger partial charge in [-0.3, -0.25) is 14.5 Å². The highest BCUT2D eigenvalue weighted by Gasteiger charge is 2.32. The Morgan fingerprint density at radius 3 is 2.52 bits per heavy atom. The van der Waals surface area contributed by atoms with Crippen LogP contribution in [0.1, 0.15) is 24.4 Å². The van der Waals surface area contributed by atoms with E-state index in [0.717, 1.165) is 41.3 Å². The number of hydrogen-bond donors (Lipinski definition) is 2. The first-order valence-corrected chi connectivity index (χ1v) is 8.23. The maximum Gasteiger partial charge on any atom is 0.325 e. The Balaban J connectivity index is 2.15. The van der Waals surface area contributed by atoms with Crippen LogP contribution < -0.4 is 0 Å². The van der Waals surface area contributed by atoms with Crippen molar-refractivity contribution < 1.29 is 19.8 Å². The van der Waals surface area contributed by atoms with E-state index in [0.29, 0.717) is 5.56 Å². The fraction of sp³-hybridized carbons (Fsp3) is 0.375. The highest BCUT2D eigenvalue weighted by molar-refractivity contribution is 9.10. The number of likely N-dealkylation sites (tertiary alicyclic amines) is 1. The molecule has 2 heterocycles. The number of nitrogens with zero attached hydrogens (tertiary/aromatic N) is 2. The summed E-state index contributed by atoms with van der Waals surface area (Å²) < 4.78 is 2.44. The first-order chi connectivity index (χ1) is 11.0. The standard InChI is InChI=1S/C16H17BrN2O4/c17-10-3-4-13-11(7-10)12(8-19(13)9-14(20)21)15(16(22)23)18-5-1-2-6-18/h3-4,7-8,15H,1-2,5-6,9H2,(H,20,21)(H,22,23)/t15-/m1/s1. The number of aromatic nitrogens is 1. The van der Waals surface area contributed by atoms with Gasteiger partial charge in [-0.2, -0.15) is 0 Å². The molecule has 1 fully saturated rings. The summed E-state index contributed by atoms with van der Waals surface area (Å²) >= 11 is 3.41. The Kier molecular flexibility index (Phi) is 4.41. The molecule has 1 atom stereocenters. The molecule has 122 valence electrons. The number of hydrogen-bond acceptors (Lipinski definition) is 3. The van der Waals surface area contributed by atoms with E-state index in [9.17, 15) is 14.7 Å². The van der Waals surface area contributed by atoms with Crippen molar-refractivity contribution in [1.82, 2.24) is 9.47 Å². The van der Waals surface area contributed by atoms with Crippen LogP contribution in [-0.4, -0.2) is 44.7 Å². The maximum absolute atomic E-state index is 11.9. The molecular formula is C16H17BrN2O4. The van der Waals surface area contributed by atoms with Crippen LogP contribution in [0.25, 0.3) is 10.9 Å². The van der Waals surface area contributed by atoms with E-state index in [1.807, 2.05) is 23.1 Å². The fourth-order valence-corrected chi connectivity index (χ4v) is 3.64. The number of aliphatic carboxylic acids is 2. The second-order valence-corrected chi connectivity index (χ2v) is 6.67. The predicted octanol–water partition coefficient (Wildman–Crippen LogP) is 2.71. The molecule has 6 nitrogen and oxygen atoms in total. The van der Waals surface area contributed by atoms with Gasteiger partial charge in [0.15, 0.2) is 0 Å². The zero-order valence-corrected chi connectivity index (χ0v) is 14.0. The molecule has 0 radical (unpaired) electrons. The molecule has 0 aliphatic carbocycles. The summed E-state index contributed by atoms with van der Waals surface area (Å²) in [6, 6.07) is 4.75. The Bertz CT molecular complexity index is 765. The third-order valence-electron chi connectivity index (χ3n) is 4.21. The van der Waals surface area contributed by atoms with Gasteiger partial charge in [-0.15, -0.1) is 0 Å². The van der Waals surface area contributed by atoms with Crippen LogP contribution in [0.2, 0.25) is 0 Å². The van der Waals surface area contributed by atoms with E-state index in [1.54, 1.807) is 10.8 Å². The first kappa shape index (κ1) is 16.0. The van der Waals surface area contributed by atoms with Crippen molar-refractivity contribution in [1.29, 1.82) is 0 Å². The average molecular weight is 381 g/mol. The summed E-state index contributed by atoms with van der Waals surface area (Å²) in [5.41, 5.74) is 1.38. The number of rotatable bonds is 5. The summed E-state index contributed by atoms with van der Waals surface area (Å²) in [7, 11) is 0. The lowest BCUT2D eigenvalue weighted by Gasteiger charge is -2.23. The molecule has 0 saturated carbocycles. The van der Waals surface area contributed by atoms with Gasteiger partial charge < -0.3 is 14.8 Å². The van der Waals surface area contributed by atoms with E-state index < -0.39 is 18.0 Å². The van der Waals surface area contributed by atoms with Crippen molar-refractivity contribution in [3.05, 3.63) is 34.4 Å². The molecule has 1 aliphatic rings. The molecule has 1 aromatic heterocycles. The molecule has 7 heteroatoms. The minimum atomic E-state index is -0.954. The van der Waals surface area contributed by atoms with Crippen LogP contribution >= 0.6 is 15.9 Å². The van der Waals surface area contributed by atoms with Crippen LogP contribution in [0.3, 0.4) is 0 Å². The van der Waals surface area contributed by atoms with Crippen molar-refractivity contribution in [3.8, 4) is 0 Å². The van der Waals surface area contributed by atoms with Gasteiger partial charge in [0.25, 0.3) is 0 Å². The van der Waals surface area contributed by atoms with Gasteiger partial charge in [0.05, 0.1) is 0 Å². The molecule has 1 aromatic carbocycles. The molecule has 1 saturated heterocycles. The highest BCUT2D eigenvalue weighted by atomic mass is 79.9. The van der Waals surface area contributed by atoms with E-state index in [2.05, 4.69) is 15.9 Å². The molecule has 23 heavy (non-hydrogen) atoms. The van der Waals surface area contributed by atoms with E-state index in [1.165, 1.54) is 0 Å². The normalized spacial score (nSPS) is 16.7. The summed E-state index contributed by atoms with van der Waals surface area (Å²) in [6.45, 7) is 1.30. The van der Waals surface area contributed by atoms with Crippen molar-refractivity contribution >= 4 is 38.8 Å². The average Bonchev–Trinajstić information content (AvgIpc) is 3.08. The topological polar surface area (TPSA) is 82.8 Å². The molecule has 3 rings (SSSR count). The second kappa shape index (κ2) is 6.33. The van der Waals surface area contributed by atoms with Gasteiger partial charge in [0, 0.05) is 27.1 Å². The monoisotopic (exact) mass is 380 g/mol. The maximum atomic E-state index is 11.9. The SMILES string of the molecule is O=C(O)Cn1cc([C@H](C(=O)O)N2CCCC2)c2cc(Br)ccc21. The molecule has 2 N–H and O–H groups in total. The highest BCUT2D eigenvalue weighted by Crippen LogP contribution is 2.34. The molecule has 0 amide bonds. The van der Waals surface area contributed by atoms with Gasteiger partial charge in [-0.05, 0) is 44.1 Å². The number of carboxylic acids is 2. The van der Waals surface area contributed by atoms with Crippen LogP contribution in [-0.2, 0) is 16.1 Å². The van der Waals surface area contributed by atoms with E-state index in [-0.39, 0.29) is 6.54 Å². The van der Waals surface area contributed by atoms with Crippen LogP contribution in [0.4, 0.5) is 0 Å². The molecule has 0 bridgehead atoms. The minimum absolute atomic E-state index is 0.190. The zero-order chi connectivity index (χ0) is 16.6. The lowest BCUT2D eigenvalue weighted by Crippen LogP contribution is -2.31. The first-order valence-electron chi connectivity index (χ1n) is 7.44. The third-order valence-corrected chi connectivity index (χ3v) is 4.71. The summed E-state index contributed by atoms with van der Waals surface area (Å²) in [4.78, 5) is 24.9. The smallest absolute Gasteiger partial charge is 0.325 e. The Hall–Kier alpha value is -1.86. The summed E-state index contributed by atoms with van der Waals surface area (Å²) in [6.07, 6.45) is 3.64. The summed E-state index contributed by atoms with van der Waals surface area (Å²) in [5, 5.41) is 19.6. The molecule has 0 spiro atoms. The number of carbonyl (C=O) groups is 2. The van der Waals surface area contributed by atoms with E-state index >= 15 is 0 Å². The predicted molar refractivity (Wildman–Crippen MR) is 88.5 cm³/mol. The molecule has 2 aromatic rings. The van der Waals surface area contributed by atoms with Gasteiger partial charge in [-0.25, -0.2) is 0 Å². The van der Waals surface area contributed by atoms with Crippen LogP contribution in [0.15, 0.2) is 28.9 Å². The number of halogens is 1. The van der Waals surface area contributed by atoms with E-state index in [4.69, 9.17) is 5.11 Å². The van der Waals surface area contributed by atoms with Crippen molar-refractivity contribution in [2.75, 3.05) is 13.1 Å². The fourth-order valence-electron chi connectivity index (χ4n) is 3.28. The molecule has 0 unspecified atom stereocenters. The Morgan fingerprint density at radius 1 is 1.22 bits per heavy atom. The third kappa shape index (κ3) is 3.11. The van der Waals surface area contributed by atoms with Crippen molar-refractivity contribution in [2.24, 2.45) is 0 Å². The lowest BCUT2D eigenvalue weighted by atomic mass is 10.0. The Morgan fingerprint density at radius 2 is 1.91 bits per heavy atom. The zero-order valence-electron chi connectivity index (χ0n) is 12.4. The van der Waals surface area contributed by atoms with Crippen LogP contribution in [0.5, 0.6) is 0 Å². The largest absolute Gasteiger partial charge is 0.480 e. The number of fused-ring (bicyclic) bond motifs is 1. The quantitative estimate of drug-likeness (QED) is 0.832. The van der Waals surface area contributed by atoms with Gasteiger partial charge in [-0.1, -0.05) is 15.9 Å². The van der Waals surface area contributed by atoms with Gasteiger partial charge >= 0.3 is 11.9 Å².